The van der Waals surface area contributed by atoms with Gasteiger partial charge in [-0.15, -0.1) is 0 Å². The molecule has 0 unspecified atom stereocenters. The standard InChI is InChI=1S/C17H23ClFN5O3S2.2ClH/c18-12-7-15(29(26,27)24-16-22-11-23-28-16)13(19)8-14(12)21-6-4-2-1-3-5-17(25)9-20-10-17;;/h7-8,11,20-21,25H,1-6,9-10H2,(H,22,23,24);2*1H/p-2. The highest BCUT2D eigenvalue weighted by Gasteiger charge is 2.33. The van der Waals surface area contributed by atoms with E-state index < -0.39 is 26.3 Å². The lowest BCUT2D eigenvalue weighted by atomic mass is 9.90. The van der Waals surface area contributed by atoms with Crippen molar-refractivity contribution in [3.63, 3.8) is 0 Å². The number of hydrogen-bond donors (Lipinski definition) is 4. The number of nitrogens with zero attached hydrogens (tertiary/aromatic N) is 2. The summed E-state index contributed by atoms with van der Waals surface area (Å²) in [5.74, 6) is -0.906. The van der Waals surface area contributed by atoms with Crippen LogP contribution in [-0.2, 0) is 10.0 Å². The average Bonchev–Trinajstić information content (AvgIpc) is 3.13. The van der Waals surface area contributed by atoms with Gasteiger partial charge in [0, 0.05) is 31.2 Å². The highest BCUT2D eigenvalue weighted by Crippen LogP contribution is 2.29. The molecule has 0 bridgehead atoms. The van der Waals surface area contributed by atoms with Gasteiger partial charge in [0.05, 0.1) is 16.3 Å². The number of nitrogens with one attached hydrogen (secondary N) is 3. The summed E-state index contributed by atoms with van der Waals surface area (Å²) < 4.78 is 44.9. The summed E-state index contributed by atoms with van der Waals surface area (Å²) in [6, 6.07) is 2.16. The predicted molar refractivity (Wildman–Crippen MR) is 112 cm³/mol. The molecule has 1 saturated heterocycles. The van der Waals surface area contributed by atoms with Crippen molar-refractivity contribution in [2.24, 2.45) is 0 Å². The minimum absolute atomic E-state index is 0. The van der Waals surface area contributed by atoms with E-state index in [1.165, 1.54) is 6.33 Å². The van der Waals surface area contributed by atoms with E-state index in [2.05, 4.69) is 24.7 Å². The van der Waals surface area contributed by atoms with Crippen molar-refractivity contribution in [1.29, 1.82) is 0 Å². The van der Waals surface area contributed by atoms with E-state index in [1.807, 2.05) is 0 Å². The number of aliphatic hydroxyl groups is 1. The molecule has 0 spiro atoms. The first-order chi connectivity index (χ1) is 13.8. The maximum absolute atomic E-state index is 14.4. The fraction of sp³-hybridized carbons (Fsp3) is 0.529. The van der Waals surface area contributed by atoms with Gasteiger partial charge in [-0.2, -0.15) is 4.37 Å². The Labute approximate surface area is 202 Å². The Morgan fingerprint density at radius 2 is 1.94 bits per heavy atom. The van der Waals surface area contributed by atoms with Crippen LogP contribution in [0, 0.1) is 5.82 Å². The van der Waals surface area contributed by atoms with Crippen LogP contribution < -0.4 is 40.2 Å². The minimum Gasteiger partial charge on any atom is -1.00 e. The Kier molecular flexibility index (Phi) is 11.2. The van der Waals surface area contributed by atoms with E-state index in [9.17, 15) is 17.9 Å². The van der Waals surface area contributed by atoms with Crippen LogP contribution >= 0.6 is 23.1 Å². The molecule has 8 nitrogen and oxygen atoms in total. The molecule has 0 saturated carbocycles. The molecule has 1 fully saturated rings. The molecule has 176 valence electrons. The number of rotatable bonds is 11. The van der Waals surface area contributed by atoms with Gasteiger partial charge in [0.2, 0.25) is 5.13 Å². The summed E-state index contributed by atoms with van der Waals surface area (Å²) in [5, 5.41) is 16.3. The van der Waals surface area contributed by atoms with Gasteiger partial charge < -0.3 is 40.6 Å². The fourth-order valence-electron chi connectivity index (χ4n) is 3.00. The van der Waals surface area contributed by atoms with Crippen molar-refractivity contribution in [2.75, 3.05) is 29.7 Å². The van der Waals surface area contributed by atoms with Gasteiger partial charge >= 0.3 is 0 Å². The van der Waals surface area contributed by atoms with Crippen LogP contribution in [0.1, 0.15) is 32.1 Å². The molecule has 0 radical (unpaired) electrons. The van der Waals surface area contributed by atoms with Crippen LogP contribution in [-0.4, -0.2) is 48.1 Å². The summed E-state index contributed by atoms with van der Waals surface area (Å²) in [4.78, 5) is 3.17. The van der Waals surface area contributed by atoms with Gasteiger partial charge in [-0.3, -0.25) is 4.72 Å². The molecule has 4 N–H and O–H groups in total. The second-order valence-electron chi connectivity index (χ2n) is 7.03. The zero-order valence-corrected chi connectivity index (χ0v) is 20.3. The number of benzene rings is 1. The van der Waals surface area contributed by atoms with E-state index in [1.54, 1.807) is 0 Å². The number of unbranched alkanes of at least 4 members (excludes halogenated alkanes) is 3. The lowest BCUT2D eigenvalue weighted by Crippen LogP contribution is -3.00. The van der Waals surface area contributed by atoms with Crippen LogP contribution in [0.4, 0.5) is 15.2 Å². The Balaban J connectivity index is 0.00000240. The number of anilines is 2. The maximum atomic E-state index is 14.4. The van der Waals surface area contributed by atoms with Crippen molar-refractivity contribution < 1.29 is 42.7 Å². The molecule has 1 aromatic heterocycles. The number of hydrogen-bond acceptors (Lipinski definition) is 8. The maximum Gasteiger partial charge on any atom is 0.266 e. The Morgan fingerprint density at radius 3 is 2.55 bits per heavy atom. The van der Waals surface area contributed by atoms with Crippen LogP contribution in [0.2, 0.25) is 5.02 Å². The topological polar surface area (TPSA) is 116 Å². The Morgan fingerprint density at radius 1 is 1.23 bits per heavy atom. The zero-order valence-electron chi connectivity index (χ0n) is 16.4. The molecule has 0 amide bonds. The third-order valence-corrected chi connectivity index (χ3v) is 7.06. The lowest BCUT2D eigenvalue weighted by molar-refractivity contribution is -0.0191. The molecule has 14 heteroatoms. The molecular weight excluding hydrogens is 512 g/mol. The summed E-state index contributed by atoms with van der Waals surface area (Å²) in [6.45, 7) is 1.92. The van der Waals surface area contributed by atoms with Crippen molar-refractivity contribution in [2.45, 2.75) is 42.6 Å². The first-order valence-corrected chi connectivity index (χ1v) is 11.9. The first kappa shape index (κ1) is 28.1. The highest BCUT2D eigenvalue weighted by molar-refractivity contribution is 7.93. The second-order valence-corrected chi connectivity index (χ2v) is 9.87. The number of aromatic nitrogens is 2. The van der Waals surface area contributed by atoms with E-state index >= 15 is 0 Å². The van der Waals surface area contributed by atoms with Gasteiger partial charge in [-0.1, -0.05) is 30.9 Å². The van der Waals surface area contributed by atoms with Gasteiger partial charge in [-0.05, 0) is 25.0 Å². The molecule has 31 heavy (non-hydrogen) atoms. The lowest BCUT2D eigenvalue weighted by Gasteiger charge is -2.37. The molecule has 1 aliphatic heterocycles. The number of halogens is 4. The largest absolute Gasteiger partial charge is 1.00 e. The average molecular weight is 535 g/mol. The number of sulfonamides is 1. The summed E-state index contributed by atoms with van der Waals surface area (Å²) >= 11 is 6.99. The number of β-amino-alcohol motifs (C(OH)–C–C–N with tert-alkyl or cyclic N) is 1. The van der Waals surface area contributed by atoms with Crippen LogP contribution in [0.5, 0.6) is 0 Å². The zero-order chi connectivity index (χ0) is 20.9. The Bertz CT molecular complexity index is 931. The van der Waals surface area contributed by atoms with E-state index in [4.69, 9.17) is 11.6 Å². The van der Waals surface area contributed by atoms with Gasteiger partial charge in [0.25, 0.3) is 10.0 Å². The third-order valence-electron chi connectivity index (χ3n) is 4.69. The second kappa shape index (κ2) is 12.3. The fourth-order valence-corrected chi connectivity index (χ4v) is 5.05. The molecule has 3 rings (SSSR count). The molecular formula is C17H23Cl3FN5O3S2-2. The smallest absolute Gasteiger partial charge is 0.266 e. The van der Waals surface area contributed by atoms with Crippen LogP contribution in [0.25, 0.3) is 0 Å². The van der Waals surface area contributed by atoms with Gasteiger partial charge in [0.15, 0.2) is 0 Å². The van der Waals surface area contributed by atoms with Crippen LogP contribution in [0.15, 0.2) is 23.4 Å². The molecule has 0 aliphatic carbocycles. The Hall–Kier alpha value is -0.950. The van der Waals surface area contributed by atoms with Crippen LogP contribution in [0.3, 0.4) is 0 Å². The summed E-state index contributed by atoms with van der Waals surface area (Å²) in [6.07, 6.45) is 5.78. The highest BCUT2D eigenvalue weighted by atomic mass is 35.5. The first-order valence-electron chi connectivity index (χ1n) is 9.25. The quantitative estimate of drug-likeness (QED) is 0.225. The molecule has 2 heterocycles. The van der Waals surface area contributed by atoms with Crippen molar-refractivity contribution >= 4 is 44.0 Å². The SMILES string of the molecule is O=S(=O)(Nc1ncns1)c1cc(Cl)c(NCCCCCCC2(O)CNC2)cc1F.[Cl-].[Cl-]. The molecule has 2 aromatic rings. The van der Waals surface area contributed by atoms with E-state index in [0.29, 0.717) is 25.3 Å². The monoisotopic (exact) mass is 533 g/mol. The third kappa shape index (κ3) is 7.85. The van der Waals surface area contributed by atoms with Crippen molar-refractivity contribution in [3.8, 4) is 0 Å². The molecule has 0 atom stereocenters. The molecule has 1 aliphatic rings. The van der Waals surface area contributed by atoms with E-state index in [0.717, 1.165) is 55.8 Å². The van der Waals surface area contributed by atoms with Gasteiger partial charge in [-0.25, -0.2) is 17.8 Å². The normalized spacial score (nSPS) is 14.7. The van der Waals surface area contributed by atoms with Gasteiger partial charge in [0.1, 0.15) is 17.0 Å². The molecule has 1 aromatic carbocycles. The summed E-state index contributed by atoms with van der Waals surface area (Å²) in [7, 11) is -4.15. The summed E-state index contributed by atoms with van der Waals surface area (Å²) in [5.41, 5.74) is -0.190. The van der Waals surface area contributed by atoms with Crippen molar-refractivity contribution in [1.82, 2.24) is 14.7 Å². The predicted octanol–water partition coefficient (Wildman–Crippen LogP) is -3.16. The minimum atomic E-state index is -4.15. The van der Waals surface area contributed by atoms with E-state index in [-0.39, 0.29) is 35.0 Å². The van der Waals surface area contributed by atoms with Crippen molar-refractivity contribution in [3.05, 3.63) is 29.3 Å².